The van der Waals surface area contributed by atoms with Gasteiger partial charge in [-0.3, -0.25) is 4.90 Å². The number of piperidine rings is 1. The van der Waals surface area contributed by atoms with Gasteiger partial charge in [-0.25, -0.2) is 9.37 Å². The number of halogens is 3. The minimum atomic E-state index is -2.99. The van der Waals surface area contributed by atoms with Crippen molar-refractivity contribution in [2.45, 2.75) is 77.1 Å². The molecule has 2 aliphatic heterocycles. The molecule has 0 aliphatic carbocycles. The van der Waals surface area contributed by atoms with Crippen molar-refractivity contribution in [2.24, 2.45) is 0 Å². The number of ether oxygens (including phenoxy) is 2. The number of rotatable bonds is 9. The Kier molecular flexibility index (Phi) is 7.35. The molecule has 0 unspecified atom stereocenters. The monoisotopic (exact) mass is 479 g/mol. The number of hydrogen-bond acceptors (Lipinski definition) is 7. The molecule has 4 rings (SSSR count). The predicted molar refractivity (Wildman–Crippen MR) is 125 cm³/mol. The summed E-state index contributed by atoms with van der Waals surface area (Å²) in [6, 6.07) is 5.17. The highest BCUT2D eigenvalue weighted by atomic mass is 19.3. The number of aromatic nitrogens is 2. The van der Waals surface area contributed by atoms with E-state index in [0.29, 0.717) is 18.3 Å². The van der Waals surface area contributed by atoms with Crippen molar-refractivity contribution >= 4 is 17.5 Å². The van der Waals surface area contributed by atoms with Gasteiger partial charge in [0, 0.05) is 35.9 Å². The van der Waals surface area contributed by atoms with E-state index in [1.165, 1.54) is 18.6 Å². The van der Waals surface area contributed by atoms with Crippen LogP contribution >= 0.6 is 0 Å². The third-order valence-electron chi connectivity index (χ3n) is 6.55. The molecule has 2 aromatic rings. The number of hydrogen-bond donors (Lipinski definition) is 2. The Bertz CT molecular complexity index is 991. The van der Waals surface area contributed by atoms with E-state index >= 15 is 0 Å². The molecule has 0 amide bonds. The van der Waals surface area contributed by atoms with Gasteiger partial charge < -0.3 is 20.1 Å². The zero-order valence-corrected chi connectivity index (χ0v) is 19.8. The molecule has 2 aliphatic rings. The number of nitrogens with zero attached hydrogens (tertiary/aromatic N) is 3. The maximum Gasteiger partial charge on any atom is 0.387 e. The second-order valence-corrected chi connectivity index (χ2v) is 9.47. The molecule has 0 saturated carbocycles. The van der Waals surface area contributed by atoms with Gasteiger partial charge in [0.15, 0.2) is 23.1 Å². The standard InChI is InChI=1S/C24H32F3N5O2/c1-4-11-33-19-6-5-15(13-20(19)34-22(26)27)30-23-28-14-18(25)21(31-23)29-16-8-10-32-17(12-16)7-9-24(32,2)3/h5-6,13-14,16-17,22H,4,7-12H2,1-3H3,(H2,28,29,30,31)/t16-,17-/m0/s1. The summed E-state index contributed by atoms with van der Waals surface area (Å²) in [5.74, 6) is -0.143. The van der Waals surface area contributed by atoms with Crippen molar-refractivity contribution in [1.82, 2.24) is 14.9 Å². The molecule has 7 nitrogen and oxygen atoms in total. The Morgan fingerprint density at radius 3 is 2.82 bits per heavy atom. The lowest BCUT2D eigenvalue weighted by molar-refractivity contribution is -0.0514. The van der Waals surface area contributed by atoms with Crippen LogP contribution in [0.15, 0.2) is 24.4 Å². The van der Waals surface area contributed by atoms with Crippen LogP contribution in [-0.4, -0.2) is 52.3 Å². The Balaban J connectivity index is 1.45. The normalized spacial score (nSPS) is 21.9. The zero-order valence-electron chi connectivity index (χ0n) is 19.8. The fraction of sp³-hybridized carbons (Fsp3) is 0.583. The highest BCUT2D eigenvalue weighted by Gasteiger charge is 2.42. The van der Waals surface area contributed by atoms with Crippen LogP contribution in [0.2, 0.25) is 0 Å². The summed E-state index contributed by atoms with van der Waals surface area (Å²) in [4.78, 5) is 10.8. The van der Waals surface area contributed by atoms with E-state index in [2.05, 4.69) is 44.1 Å². The van der Waals surface area contributed by atoms with E-state index in [0.717, 1.165) is 38.4 Å². The number of fused-ring (bicyclic) bond motifs is 1. The highest BCUT2D eigenvalue weighted by molar-refractivity contribution is 5.60. The first kappa shape index (κ1) is 24.4. The first-order valence-corrected chi connectivity index (χ1v) is 11.8. The summed E-state index contributed by atoms with van der Waals surface area (Å²) in [6.45, 7) is 4.83. The molecule has 0 bridgehead atoms. The molecule has 1 aromatic carbocycles. The molecule has 186 valence electrons. The van der Waals surface area contributed by atoms with Crippen molar-refractivity contribution in [3.05, 3.63) is 30.2 Å². The Morgan fingerprint density at radius 2 is 2.06 bits per heavy atom. The van der Waals surface area contributed by atoms with Crippen LogP contribution < -0.4 is 20.1 Å². The van der Waals surface area contributed by atoms with Crippen LogP contribution in [0, 0.1) is 5.82 Å². The van der Waals surface area contributed by atoms with Gasteiger partial charge in [-0.2, -0.15) is 13.8 Å². The molecule has 0 radical (unpaired) electrons. The largest absolute Gasteiger partial charge is 0.490 e. The number of alkyl halides is 2. The molecular formula is C24H32F3N5O2. The summed E-state index contributed by atoms with van der Waals surface area (Å²) in [7, 11) is 0. The van der Waals surface area contributed by atoms with Crippen molar-refractivity contribution in [3.8, 4) is 11.5 Å². The Morgan fingerprint density at radius 1 is 1.24 bits per heavy atom. The minimum absolute atomic E-state index is 0.0971. The fourth-order valence-electron chi connectivity index (χ4n) is 4.87. The van der Waals surface area contributed by atoms with Gasteiger partial charge >= 0.3 is 6.61 Å². The fourth-order valence-corrected chi connectivity index (χ4v) is 4.87. The van der Waals surface area contributed by atoms with Gasteiger partial charge in [-0.15, -0.1) is 0 Å². The minimum Gasteiger partial charge on any atom is -0.490 e. The molecule has 34 heavy (non-hydrogen) atoms. The molecular weight excluding hydrogens is 447 g/mol. The summed E-state index contributed by atoms with van der Waals surface area (Å²) >= 11 is 0. The summed E-state index contributed by atoms with van der Waals surface area (Å²) in [6.07, 6.45) is 5.97. The van der Waals surface area contributed by atoms with Crippen molar-refractivity contribution in [3.63, 3.8) is 0 Å². The van der Waals surface area contributed by atoms with Crippen molar-refractivity contribution in [2.75, 3.05) is 23.8 Å². The number of anilines is 3. The first-order chi connectivity index (χ1) is 16.2. The molecule has 2 atom stereocenters. The molecule has 10 heteroatoms. The second-order valence-electron chi connectivity index (χ2n) is 9.47. The maximum atomic E-state index is 14.5. The average molecular weight is 480 g/mol. The SMILES string of the molecule is CCCOc1ccc(Nc2ncc(F)c(N[C@H]3CCN4[C@@H](CCC4(C)C)C3)n2)cc1OC(F)F. The zero-order chi connectivity index (χ0) is 24.3. The lowest BCUT2D eigenvalue weighted by atomic mass is 9.97. The van der Waals surface area contributed by atoms with Gasteiger partial charge in [0.25, 0.3) is 0 Å². The Labute approximate surface area is 198 Å². The second kappa shape index (κ2) is 10.2. The number of nitrogens with one attached hydrogen (secondary N) is 2. The number of benzene rings is 1. The average Bonchev–Trinajstić information content (AvgIpc) is 3.09. The topological polar surface area (TPSA) is 71.5 Å². The van der Waals surface area contributed by atoms with Gasteiger partial charge in [-0.1, -0.05) is 6.92 Å². The van der Waals surface area contributed by atoms with Crippen molar-refractivity contribution in [1.29, 1.82) is 0 Å². The van der Waals surface area contributed by atoms with Gasteiger partial charge in [0.1, 0.15) is 0 Å². The molecule has 2 N–H and O–H groups in total. The summed E-state index contributed by atoms with van der Waals surface area (Å²) in [5, 5.41) is 6.18. The van der Waals surface area contributed by atoms with E-state index in [-0.39, 0.29) is 34.8 Å². The van der Waals surface area contributed by atoms with Crippen LogP contribution in [0.5, 0.6) is 11.5 Å². The van der Waals surface area contributed by atoms with Crippen LogP contribution in [0.25, 0.3) is 0 Å². The first-order valence-electron chi connectivity index (χ1n) is 11.8. The van der Waals surface area contributed by atoms with E-state index < -0.39 is 12.4 Å². The molecule has 2 saturated heterocycles. The van der Waals surface area contributed by atoms with E-state index in [1.54, 1.807) is 6.07 Å². The van der Waals surface area contributed by atoms with Gasteiger partial charge in [0.2, 0.25) is 5.95 Å². The van der Waals surface area contributed by atoms with E-state index in [9.17, 15) is 13.2 Å². The summed E-state index contributed by atoms with van der Waals surface area (Å²) in [5.41, 5.74) is 0.634. The predicted octanol–water partition coefficient (Wildman–Crippen LogP) is 5.57. The van der Waals surface area contributed by atoms with Gasteiger partial charge in [0.05, 0.1) is 12.8 Å². The lowest BCUT2D eigenvalue weighted by Crippen LogP contribution is -2.50. The summed E-state index contributed by atoms with van der Waals surface area (Å²) < 4.78 is 50.3. The van der Waals surface area contributed by atoms with Crippen LogP contribution in [0.1, 0.15) is 52.9 Å². The third-order valence-corrected chi connectivity index (χ3v) is 6.55. The van der Waals surface area contributed by atoms with Gasteiger partial charge in [-0.05, 0) is 58.1 Å². The maximum absolute atomic E-state index is 14.5. The smallest absolute Gasteiger partial charge is 0.387 e. The highest BCUT2D eigenvalue weighted by Crippen LogP contribution is 2.39. The third kappa shape index (κ3) is 5.65. The quantitative estimate of drug-likeness (QED) is 0.487. The van der Waals surface area contributed by atoms with Crippen LogP contribution in [-0.2, 0) is 0 Å². The molecule has 3 heterocycles. The van der Waals surface area contributed by atoms with E-state index in [4.69, 9.17) is 4.74 Å². The van der Waals surface area contributed by atoms with E-state index in [1.807, 2.05) is 6.92 Å². The lowest BCUT2D eigenvalue weighted by Gasteiger charge is -2.42. The molecule has 0 spiro atoms. The van der Waals surface area contributed by atoms with Crippen molar-refractivity contribution < 1.29 is 22.6 Å². The van der Waals surface area contributed by atoms with Crippen LogP contribution in [0.4, 0.5) is 30.6 Å². The molecule has 2 fully saturated rings. The van der Waals surface area contributed by atoms with Crippen LogP contribution in [0.3, 0.4) is 0 Å². The Hall–Kier alpha value is -2.75. The molecule has 1 aromatic heterocycles.